The first-order valence-corrected chi connectivity index (χ1v) is 6.00. The van der Waals surface area contributed by atoms with E-state index in [4.69, 9.17) is 5.26 Å². The van der Waals surface area contributed by atoms with Crippen LogP contribution in [0.5, 0.6) is 0 Å². The van der Waals surface area contributed by atoms with Crippen molar-refractivity contribution in [2.75, 3.05) is 5.32 Å². The van der Waals surface area contributed by atoms with E-state index in [-0.39, 0.29) is 5.91 Å². The van der Waals surface area contributed by atoms with Crippen LogP contribution in [-0.4, -0.2) is 15.7 Å². The fraction of sp³-hybridized carbons (Fsp3) is 0.214. The van der Waals surface area contributed by atoms with Gasteiger partial charge in [-0.25, -0.2) is 0 Å². The third kappa shape index (κ3) is 2.80. The van der Waals surface area contributed by atoms with Crippen molar-refractivity contribution in [3.05, 3.63) is 47.3 Å². The summed E-state index contributed by atoms with van der Waals surface area (Å²) in [7, 11) is 0. The van der Waals surface area contributed by atoms with E-state index < -0.39 is 0 Å². The molecule has 0 aliphatic rings. The maximum Gasteiger partial charge on any atom is 0.273 e. The summed E-state index contributed by atoms with van der Waals surface area (Å²) < 4.78 is 1.65. The monoisotopic (exact) mass is 254 g/mol. The van der Waals surface area contributed by atoms with Gasteiger partial charge in [0.25, 0.3) is 5.91 Å². The van der Waals surface area contributed by atoms with Crippen LogP contribution in [0.15, 0.2) is 30.3 Å². The number of anilines is 1. The highest BCUT2D eigenvalue weighted by molar-refractivity contribution is 6.03. The van der Waals surface area contributed by atoms with Gasteiger partial charge in [-0.05, 0) is 38.1 Å². The first-order chi connectivity index (χ1) is 9.13. The van der Waals surface area contributed by atoms with Crippen molar-refractivity contribution in [2.45, 2.75) is 20.4 Å². The minimum Gasteiger partial charge on any atom is -0.321 e. The lowest BCUT2D eigenvalue weighted by atomic mass is 10.2. The predicted molar refractivity (Wildman–Crippen MR) is 71.7 cm³/mol. The Labute approximate surface area is 111 Å². The van der Waals surface area contributed by atoms with Crippen LogP contribution in [0.3, 0.4) is 0 Å². The quantitative estimate of drug-likeness (QED) is 0.913. The molecule has 1 aromatic heterocycles. The number of carbonyl (C=O) groups excluding carboxylic acids is 1. The number of nitrogens with one attached hydrogen (secondary N) is 1. The lowest BCUT2D eigenvalue weighted by molar-refractivity contribution is 0.101. The summed E-state index contributed by atoms with van der Waals surface area (Å²) in [5, 5.41) is 15.8. The zero-order valence-corrected chi connectivity index (χ0v) is 10.8. The van der Waals surface area contributed by atoms with E-state index in [0.29, 0.717) is 23.5 Å². The Bertz CT molecular complexity index is 652. The number of aryl methyl sites for hydroxylation is 2. The zero-order chi connectivity index (χ0) is 13.8. The number of carbonyl (C=O) groups is 1. The largest absolute Gasteiger partial charge is 0.321 e. The molecule has 2 aromatic rings. The van der Waals surface area contributed by atoms with Gasteiger partial charge < -0.3 is 5.32 Å². The van der Waals surface area contributed by atoms with Crippen molar-refractivity contribution in [3.63, 3.8) is 0 Å². The number of hydrogen-bond donors (Lipinski definition) is 1. The molecule has 0 radical (unpaired) electrons. The second-order valence-corrected chi connectivity index (χ2v) is 4.13. The van der Waals surface area contributed by atoms with Crippen LogP contribution >= 0.6 is 0 Å². The van der Waals surface area contributed by atoms with Crippen molar-refractivity contribution >= 4 is 11.6 Å². The average Bonchev–Trinajstić information content (AvgIpc) is 2.80. The molecule has 2 rings (SSSR count). The zero-order valence-electron chi connectivity index (χ0n) is 10.8. The summed E-state index contributed by atoms with van der Waals surface area (Å²) in [6, 6.07) is 10.6. The van der Waals surface area contributed by atoms with Crippen molar-refractivity contribution in [1.29, 1.82) is 5.26 Å². The molecule has 0 fully saturated rings. The topological polar surface area (TPSA) is 70.7 Å². The molecule has 5 heteroatoms. The number of nitrogens with zero attached hydrogens (tertiary/aromatic N) is 3. The molecule has 0 atom stereocenters. The average molecular weight is 254 g/mol. The molecule has 0 bridgehead atoms. The van der Waals surface area contributed by atoms with Crippen molar-refractivity contribution in [1.82, 2.24) is 9.78 Å². The van der Waals surface area contributed by atoms with Crippen LogP contribution in [0, 0.1) is 18.3 Å². The molecule has 1 aromatic carbocycles. The van der Waals surface area contributed by atoms with Crippen LogP contribution in [0.4, 0.5) is 5.69 Å². The summed E-state index contributed by atoms with van der Waals surface area (Å²) in [4.78, 5) is 12.2. The Hall–Kier alpha value is -2.61. The molecule has 0 aliphatic heterocycles. The van der Waals surface area contributed by atoms with E-state index in [1.165, 1.54) is 0 Å². The standard InChI is InChI=1S/C14H14N4O/c1-3-18-13(7-10(2)17-18)14(19)16-12-6-4-5-11(8-12)9-15/h4-8H,3H2,1-2H3,(H,16,19). The SMILES string of the molecule is CCn1nc(C)cc1C(=O)Nc1cccc(C#N)c1. The number of aromatic nitrogens is 2. The Morgan fingerprint density at radius 2 is 2.26 bits per heavy atom. The molecule has 96 valence electrons. The molecule has 19 heavy (non-hydrogen) atoms. The molecular formula is C14H14N4O. The third-order valence-corrected chi connectivity index (χ3v) is 2.68. The summed E-state index contributed by atoms with van der Waals surface area (Å²) in [6.45, 7) is 4.41. The molecule has 1 N–H and O–H groups in total. The van der Waals surface area contributed by atoms with E-state index in [9.17, 15) is 4.79 Å². The molecule has 1 heterocycles. The highest BCUT2D eigenvalue weighted by Crippen LogP contribution is 2.12. The van der Waals surface area contributed by atoms with Crippen LogP contribution in [0.1, 0.15) is 28.7 Å². The second-order valence-electron chi connectivity index (χ2n) is 4.13. The fourth-order valence-electron chi connectivity index (χ4n) is 1.83. The number of rotatable bonds is 3. The minimum atomic E-state index is -0.225. The van der Waals surface area contributed by atoms with Crippen molar-refractivity contribution in [3.8, 4) is 6.07 Å². The Balaban J connectivity index is 2.23. The minimum absolute atomic E-state index is 0.225. The van der Waals surface area contributed by atoms with Crippen LogP contribution in [-0.2, 0) is 6.54 Å². The Morgan fingerprint density at radius 1 is 1.47 bits per heavy atom. The number of amides is 1. The maximum absolute atomic E-state index is 12.2. The molecular weight excluding hydrogens is 240 g/mol. The third-order valence-electron chi connectivity index (χ3n) is 2.68. The fourth-order valence-corrected chi connectivity index (χ4v) is 1.83. The van der Waals surface area contributed by atoms with Crippen molar-refractivity contribution < 1.29 is 4.79 Å². The summed E-state index contributed by atoms with van der Waals surface area (Å²) >= 11 is 0. The lowest BCUT2D eigenvalue weighted by Crippen LogP contribution is -2.17. The van der Waals surface area contributed by atoms with Crippen molar-refractivity contribution in [2.24, 2.45) is 0 Å². The lowest BCUT2D eigenvalue weighted by Gasteiger charge is -2.06. The van der Waals surface area contributed by atoms with Crippen LogP contribution < -0.4 is 5.32 Å². The molecule has 0 saturated carbocycles. The van der Waals surface area contributed by atoms with Gasteiger partial charge in [-0.1, -0.05) is 6.07 Å². The van der Waals surface area contributed by atoms with E-state index >= 15 is 0 Å². The van der Waals surface area contributed by atoms with Gasteiger partial charge in [-0.3, -0.25) is 9.48 Å². The molecule has 0 aliphatic carbocycles. The predicted octanol–water partition coefficient (Wildman–Crippen LogP) is 2.34. The first kappa shape index (κ1) is 12.8. The van der Waals surface area contributed by atoms with E-state index in [2.05, 4.69) is 10.4 Å². The van der Waals surface area contributed by atoms with E-state index in [0.717, 1.165) is 5.69 Å². The molecule has 0 unspecified atom stereocenters. The first-order valence-electron chi connectivity index (χ1n) is 6.00. The van der Waals surface area contributed by atoms with Gasteiger partial charge in [-0.15, -0.1) is 0 Å². The molecule has 0 saturated heterocycles. The summed E-state index contributed by atoms with van der Waals surface area (Å²) in [5.41, 5.74) is 2.43. The van der Waals surface area contributed by atoms with Gasteiger partial charge in [-0.2, -0.15) is 10.4 Å². The number of hydrogen-bond acceptors (Lipinski definition) is 3. The molecule has 5 nitrogen and oxygen atoms in total. The summed E-state index contributed by atoms with van der Waals surface area (Å²) in [5.74, 6) is -0.225. The highest BCUT2D eigenvalue weighted by atomic mass is 16.2. The second kappa shape index (κ2) is 5.36. The Kier molecular flexibility index (Phi) is 3.62. The highest BCUT2D eigenvalue weighted by Gasteiger charge is 2.13. The molecule has 1 amide bonds. The van der Waals surface area contributed by atoms with Gasteiger partial charge in [0.15, 0.2) is 0 Å². The smallest absolute Gasteiger partial charge is 0.273 e. The van der Waals surface area contributed by atoms with E-state index in [1.54, 1.807) is 35.0 Å². The maximum atomic E-state index is 12.2. The van der Waals surface area contributed by atoms with Gasteiger partial charge in [0.2, 0.25) is 0 Å². The normalized spacial score (nSPS) is 9.95. The number of nitriles is 1. The van der Waals surface area contributed by atoms with Gasteiger partial charge in [0.1, 0.15) is 5.69 Å². The van der Waals surface area contributed by atoms with Crippen LogP contribution in [0.2, 0.25) is 0 Å². The van der Waals surface area contributed by atoms with Gasteiger partial charge in [0.05, 0.1) is 17.3 Å². The van der Waals surface area contributed by atoms with Crippen LogP contribution in [0.25, 0.3) is 0 Å². The summed E-state index contributed by atoms with van der Waals surface area (Å²) in [6.07, 6.45) is 0. The number of benzene rings is 1. The molecule has 0 spiro atoms. The Morgan fingerprint density at radius 3 is 2.95 bits per heavy atom. The van der Waals surface area contributed by atoms with Gasteiger partial charge >= 0.3 is 0 Å². The van der Waals surface area contributed by atoms with E-state index in [1.807, 2.05) is 19.9 Å². The van der Waals surface area contributed by atoms with Gasteiger partial charge in [0, 0.05) is 12.2 Å².